The Morgan fingerprint density at radius 1 is 1.16 bits per heavy atom. The second-order valence-corrected chi connectivity index (χ2v) is 9.41. The highest BCUT2D eigenvalue weighted by molar-refractivity contribution is 7.90. The highest BCUT2D eigenvalue weighted by Crippen LogP contribution is 2.32. The molecule has 2 aromatic carbocycles. The molecule has 0 bridgehead atoms. The molecule has 1 atom stereocenters. The number of carbonyl (C=O) groups excluding carboxylic acids is 2. The van der Waals surface area contributed by atoms with Gasteiger partial charge in [0.05, 0.1) is 18.6 Å². The number of rotatable bonds is 4. The van der Waals surface area contributed by atoms with Gasteiger partial charge in [-0.05, 0) is 42.5 Å². The highest BCUT2D eigenvalue weighted by atomic mass is 32.2. The predicted molar refractivity (Wildman–Crippen MR) is 116 cm³/mol. The molecule has 1 aromatic heterocycles. The summed E-state index contributed by atoms with van der Waals surface area (Å²) in [5.41, 5.74) is -1.18. The summed E-state index contributed by atoms with van der Waals surface area (Å²) in [6, 6.07) is 10.3. The number of urea groups is 1. The molecule has 0 saturated carbocycles. The topological polar surface area (TPSA) is 127 Å². The molecule has 2 heterocycles. The van der Waals surface area contributed by atoms with Gasteiger partial charge in [0.2, 0.25) is 5.54 Å². The van der Waals surface area contributed by atoms with Crippen LogP contribution in [0.5, 0.6) is 11.6 Å². The molecule has 3 amide bonds. The molecule has 1 saturated heterocycles. The number of amides is 3. The van der Waals surface area contributed by atoms with E-state index in [2.05, 4.69) is 22.5 Å². The van der Waals surface area contributed by atoms with Crippen LogP contribution in [-0.4, -0.2) is 48.9 Å². The number of aromatic hydroxyl groups is 1. The summed E-state index contributed by atoms with van der Waals surface area (Å²) in [6.45, 7) is -0.151. The van der Waals surface area contributed by atoms with E-state index in [1.54, 1.807) is 24.4 Å². The monoisotopic (exact) mass is 453 g/mol. The number of imide groups is 1. The Kier molecular flexibility index (Phi) is 5.06. The maximum atomic E-state index is 12.7. The lowest BCUT2D eigenvalue weighted by molar-refractivity contribution is -0.122. The van der Waals surface area contributed by atoms with Crippen LogP contribution in [0.3, 0.4) is 0 Å². The lowest BCUT2D eigenvalue weighted by Gasteiger charge is -2.20. The van der Waals surface area contributed by atoms with Gasteiger partial charge in [0.15, 0.2) is 15.7 Å². The number of methoxy groups -OCH3 is 1. The van der Waals surface area contributed by atoms with Crippen LogP contribution in [0.4, 0.5) is 4.79 Å². The molecule has 32 heavy (non-hydrogen) atoms. The number of aromatic nitrogens is 1. The van der Waals surface area contributed by atoms with Crippen molar-refractivity contribution in [3.05, 3.63) is 54.2 Å². The standard InChI is InChI=1S/C22H19N3O6S/c1-31-16-6-5-15-12-25(19(26)18(15)11-16)13-22(20(27)23-21(28)24-22)10-9-14-3-7-17(8-4-14)32(2,29)30/h3-8,11-12,26H,13H2,1-2H3,(H2,23,24,27,28)/t22-/m1/s1. The first kappa shape index (κ1) is 21.3. The van der Waals surface area contributed by atoms with E-state index in [0.717, 1.165) is 6.26 Å². The SMILES string of the molecule is COc1ccc2cn(C[C@@]3(C#Cc4ccc(S(C)(=O)=O)cc4)NC(=O)NC3=O)c(O)c2c1. The average Bonchev–Trinajstić information content (AvgIpc) is 3.21. The third kappa shape index (κ3) is 3.86. The van der Waals surface area contributed by atoms with Crippen molar-refractivity contribution >= 4 is 32.5 Å². The smallest absolute Gasteiger partial charge is 0.323 e. The number of carbonyl (C=O) groups is 2. The van der Waals surface area contributed by atoms with Gasteiger partial charge in [-0.25, -0.2) is 13.2 Å². The molecule has 0 spiro atoms. The van der Waals surface area contributed by atoms with Gasteiger partial charge in [0.1, 0.15) is 5.75 Å². The van der Waals surface area contributed by atoms with E-state index in [0.29, 0.717) is 22.1 Å². The fourth-order valence-corrected chi connectivity index (χ4v) is 4.05. The summed E-state index contributed by atoms with van der Waals surface area (Å²) >= 11 is 0. The number of ether oxygens (including phenoxy) is 1. The van der Waals surface area contributed by atoms with Crippen LogP contribution in [0.1, 0.15) is 5.56 Å². The van der Waals surface area contributed by atoms with E-state index < -0.39 is 27.3 Å². The van der Waals surface area contributed by atoms with Crippen molar-refractivity contribution in [1.29, 1.82) is 0 Å². The first-order valence-electron chi connectivity index (χ1n) is 9.44. The zero-order chi connectivity index (χ0) is 23.1. The maximum absolute atomic E-state index is 12.7. The van der Waals surface area contributed by atoms with Gasteiger partial charge in [-0.1, -0.05) is 11.8 Å². The minimum Gasteiger partial charge on any atom is -0.497 e. The molecule has 10 heteroatoms. The fraction of sp³-hybridized carbons (Fsp3) is 0.182. The Bertz CT molecular complexity index is 1410. The van der Waals surface area contributed by atoms with Crippen molar-refractivity contribution in [2.75, 3.05) is 13.4 Å². The van der Waals surface area contributed by atoms with Crippen LogP contribution >= 0.6 is 0 Å². The number of benzene rings is 2. The molecule has 1 aliphatic heterocycles. The molecule has 4 rings (SSSR count). The largest absolute Gasteiger partial charge is 0.497 e. The maximum Gasteiger partial charge on any atom is 0.323 e. The number of sulfone groups is 1. The molecule has 3 aromatic rings. The molecule has 0 aliphatic carbocycles. The van der Waals surface area contributed by atoms with Gasteiger partial charge in [-0.2, -0.15) is 0 Å². The third-order valence-corrected chi connectivity index (χ3v) is 6.25. The van der Waals surface area contributed by atoms with Crippen LogP contribution < -0.4 is 15.4 Å². The quantitative estimate of drug-likeness (QED) is 0.405. The van der Waals surface area contributed by atoms with E-state index in [-0.39, 0.29) is 17.3 Å². The van der Waals surface area contributed by atoms with Gasteiger partial charge >= 0.3 is 6.03 Å². The number of nitrogens with zero attached hydrogens (tertiary/aromatic N) is 1. The number of fused-ring (bicyclic) bond motifs is 1. The van der Waals surface area contributed by atoms with E-state index in [1.165, 1.54) is 35.9 Å². The Hall–Kier alpha value is -3.97. The van der Waals surface area contributed by atoms with E-state index in [4.69, 9.17) is 4.74 Å². The molecule has 164 valence electrons. The van der Waals surface area contributed by atoms with Gasteiger partial charge < -0.3 is 19.7 Å². The first-order valence-corrected chi connectivity index (χ1v) is 11.3. The summed E-state index contributed by atoms with van der Waals surface area (Å²) < 4.78 is 29.9. The minimum atomic E-state index is -3.35. The normalized spacial score (nSPS) is 18.1. The van der Waals surface area contributed by atoms with Crippen molar-refractivity contribution in [2.24, 2.45) is 0 Å². The first-order chi connectivity index (χ1) is 15.1. The van der Waals surface area contributed by atoms with Gasteiger partial charge in [-0.15, -0.1) is 0 Å². The Morgan fingerprint density at radius 3 is 2.47 bits per heavy atom. The summed E-state index contributed by atoms with van der Waals surface area (Å²) in [5, 5.41) is 16.6. The molecule has 0 radical (unpaired) electrons. The fourth-order valence-electron chi connectivity index (χ4n) is 3.42. The molecular formula is C22H19N3O6S. The average molecular weight is 453 g/mol. The number of hydrogen-bond donors (Lipinski definition) is 3. The van der Waals surface area contributed by atoms with Crippen molar-refractivity contribution in [3.8, 4) is 23.5 Å². The zero-order valence-electron chi connectivity index (χ0n) is 17.2. The molecule has 0 unspecified atom stereocenters. The molecule has 3 N–H and O–H groups in total. The second-order valence-electron chi connectivity index (χ2n) is 7.39. The van der Waals surface area contributed by atoms with Crippen LogP contribution in [0.25, 0.3) is 10.8 Å². The molecule has 9 nitrogen and oxygen atoms in total. The lowest BCUT2D eigenvalue weighted by atomic mass is 10.00. The zero-order valence-corrected chi connectivity index (χ0v) is 18.0. The number of nitrogens with one attached hydrogen (secondary N) is 2. The van der Waals surface area contributed by atoms with Crippen molar-refractivity contribution in [1.82, 2.24) is 15.2 Å². The minimum absolute atomic E-state index is 0.105. The lowest BCUT2D eigenvalue weighted by Crippen LogP contribution is -2.49. The third-order valence-electron chi connectivity index (χ3n) is 5.12. The van der Waals surface area contributed by atoms with Crippen molar-refractivity contribution in [2.45, 2.75) is 17.0 Å². The van der Waals surface area contributed by atoms with Crippen molar-refractivity contribution in [3.63, 3.8) is 0 Å². The Labute approximate surface area is 183 Å². The summed E-state index contributed by atoms with van der Waals surface area (Å²) in [5.74, 6) is 5.41. The predicted octanol–water partition coefficient (Wildman–Crippen LogP) is 1.39. The second kappa shape index (κ2) is 7.62. The van der Waals surface area contributed by atoms with E-state index in [1.807, 2.05) is 0 Å². The van der Waals surface area contributed by atoms with Gasteiger partial charge in [-0.3, -0.25) is 10.1 Å². The summed E-state index contributed by atoms with van der Waals surface area (Å²) in [4.78, 5) is 24.7. The number of hydrogen-bond acceptors (Lipinski definition) is 6. The van der Waals surface area contributed by atoms with E-state index in [9.17, 15) is 23.1 Å². The van der Waals surface area contributed by atoms with Crippen LogP contribution in [-0.2, 0) is 21.2 Å². The highest BCUT2D eigenvalue weighted by Gasteiger charge is 2.46. The summed E-state index contributed by atoms with van der Waals surface area (Å²) in [7, 11) is -1.84. The Morgan fingerprint density at radius 2 is 1.88 bits per heavy atom. The van der Waals surface area contributed by atoms with Crippen LogP contribution in [0.2, 0.25) is 0 Å². The summed E-state index contributed by atoms with van der Waals surface area (Å²) in [6.07, 6.45) is 2.75. The van der Waals surface area contributed by atoms with Crippen molar-refractivity contribution < 1.29 is 27.9 Å². The van der Waals surface area contributed by atoms with Crippen LogP contribution in [0.15, 0.2) is 53.6 Å². The molecule has 1 fully saturated rings. The van der Waals surface area contributed by atoms with Gasteiger partial charge in [0, 0.05) is 28.8 Å². The van der Waals surface area contributed by atoms with E-state index >= 15 is 0 Å². The Balaban J connectivity index is 1.72. The molecular weight excluding hydrogens is 434 g/mol. The molecule has 1 aliphatic rings. The van der Waals surface area contributed by atoms with Gasteiger partial charge in [0.25, 0.3) is 5.91 Å². The van der Waals surface area contributed by atoms with Crippen LogP contribution in [0, 0.1) is 11.8 Å².